The number of hydrazine groups is 1. The van der Waals surface area contributed by atoms with Crippen molar-refractivity contribution in [1.29, 1.82) is 0 Å². The molecule has 4 aliphatic rings. The van der Waals surface area contributed by atoms with Crippen LogP contribution in [-0.2, 0) is 0 Å². The van der Waals surface area contributed by atoms with Gasteiger partial charge < -0.3 is 0 Å². The average molecular weight is 399 g/mol. The van der Waals surface area contributed by atoms with Crippen LogP contribution in [0.1, 0.15) is 50.5 Å². The lowest BCUT2D eigenvalue weighted by molar-refractivity contribution is 0.418. The van der Waals surface area contributed by atoms with Gasteiger partial charge in [-0.3, -0.25) is 9.91 Å². The standard InChI is InChI=1S/C26H30N4/c1-17-13-15-21(16-14-17)29-19(3)24-18(2)22-11-7-8-12-23(22)30(27)26(24)28-25(29)20-9-5-4-6-10-20/h11-16,20H,2-10,27H2,1H3. The summed E-state index contributed by atoms with van der Waals surface area (Å²) < 4.78 is 0. The molecule has 0 radical (unpaired) electrons. The lowest BCUT2D eigenvalue weighted by Crippen LogP contribution is -2.45. The number of nitrogens with two attached hydrogens (primary N) is 1. The van der Waals surface area contributed by atoms with Crippen LogP contribution in [0.15, 0.2) is 88.5 Å². The van der Waals surface area contributed by atoms with Gasteiger partial charge in [0.05, 0.1) is 11.4 Å². The summed E-state index contributed by atoms with van der Waals surface area (Å²) in [6.45, 7) is 11.1. The number of hydrogen-bond acceptors (Lipinski definition) is 4. The zero-order valence-corrected chi connectivity index (χ0v) is 17.8. The van der Waals surface area contributed by atoms with Crippen LogP contribution in [0.2, 0.25) is 0 Å². The molecule has 1 aromatic rings. The van der Waals surface area contributed by atoms with E-state index in [2.05, 4.69) is 61.4 Å². The quantitative estimate of drug-likeness (QED) is 0.634. The maximum absolute atomic E-state index is 6.62. The number of aliphatic imine (C=N–C) groups is 1. The van der Waals surface area contributed by atoms with Crippen molar-refractivity contribution in [2.45, 2.75) is 51.9 Å². The topological polar surface area (TPSA) is 44.9 Å². The summed E-state index contributed by atoms with van der Waals surface area (Å²) in [6, 6.07) is 8.64. The first-order valence-electron chi connectivity index (χ1n) is 11.1. The van der Waals surface area contributed by atoms with Crippen LogP contribution < -0.4 is 10.7 Å². The molecule has 2 aliphatic carbocycles. The molecule has 2 heterocycles. The minimum atomic E-state index is 0.421. The Balaban J connectivity index is 1.67. The maximum atomic E-state index is 6.62. The van der Waals surface area contributed by atoms with Crippen LogP contribution in [0.25, 0.3) is 0 Å². The van der Waals surface area contributed by atoms with Gasteiger partial charge in [-0.2, -0.15) is 0 Å². The number of aryl methyl sites for hydroxylation is 1. The molecule has 0 atom stereocenters. The molecular formula is C26H30N4. The highest BCUT2D eigenvalue weighted by atomic mass is 15.5. The minimum absolute atomic E-state index is 0.421. The third-order valence-corrected chi connectivity index (χ3v) is 6.74. The Morgan fingerprint density at radius 3 is 2.43 bits per heavy atom. The zero-order chi connectivity index (χ0) is 20.8. The number of amidine groups is 1. The summed E-state index contributed by atoms with van der Waals surface area (Å²) in [5.74, 6) is 8.91. The normalized spacial score (nSPS) is 22.4. The van der Waals surface area contributed by atoms with E-state index in [1.54, 1.807) is 5.01 Å². The van der Waals surface area contributed by atoms with Gasteiger partial charge in [-0.05, 0) is 50.3 Å². The molecule has 2 N–H and O–H groups in total. The molecule has 0 unspecified atom stereocenters. The SMILES string of the molecule is C=C1C2=CCCC=C2N(N)C2=C1C(=C)N(c1ccc(C)cc1)C(C1CCCCC1)=N2. The van der Waals surface area contributed by atoms with Crippen molar-refractivity contribution in [2.24, 2.45) is 16.8 Å². The summed E-state index contributed by atoms with van der Waals surface area (Å²) >= 11 is 0. The molecule has 154 valence electrons. The van der Waals surface area contributed by atoms with E-state index in [0.717, 1.165) is 71.1 Å². The third-order valence-electron chi connectivity index (χ3n) is 6.74. The van der Waals surface area contributed by atoms with Crippen LogP contribution in [0.3, 0.4) is 0 Å². The highest BCUT2D eigenvalue weighted by Gasteiger charge is 2.39. The van der Waals surface area contributed by atoms with E-state index >= 15 is 0 Å². The molecule has 0 bridgehead atoms. The highest BCUT2D eigenvalue weighted by molar-refractivity contribution is 6.05. The van der Waals surface area contributed by atoms with Crippen LogP contribution in [0, 0.1) is 12.8 Å². The summed E-state index contributed by atoms with van der Waals surface area (Å²) in [7, 11) is 0. The number of anilines is 1. The fourth-order valence-corrected chi connectivity index (χ4v) is 5.11. The van der Waals surface area contributed by atoms with Gasteiger partial charge in [-0.25, -0.2) is 10.8 Å². The Kier molecular flexibility index (Phi) is 4.75. The van der Waals surface area contributed by atoms with Crippen LogP contribution in [0.4, 0.5) is 5.69 Å². The number of nitrogens with zero attached hydrogens (tertiary/aromatic N) is 3. The molecule has 0 aromatic heterocycles. The van der Waals surface area contributed by atoms with Gasteiger partial charge in [-0.15, -0.1) is 0 Å². The summed E-state index contributed by atoms with van der Waals surface area (Å²) in [6.07, 6.45) is 12.6. The van der Waals surface area contributed by atoms with E-state index in [0.29, 0.717) is 5.92 Å². The first kappa shape index (κ1) is 19.1. The smallest absolute Gasteiger partial charge is 0.159 e. The van der Waals surface area contributed by atoms with Gasteiger partial charge in [0.1, 0.15) is 5.84 Å². The Morgan fingerprint density at radius 2 is 1.70 bits per heavy atom. The van der Waals surface area contributed by atoms with Gasteiger partial charge >= 0.3 is 0 Å². The van der Waals surface area contributed by atoms with Crippen LogP contribution in [-0.4, -0.2) is 10.8 Å². The van der Waals surface area contributed by atoms with E-state index in [9.17, 15) is 0 Å². The molecular weight excluding hydrogens is 368 g/mol. The first-order chi connectivity index (χ1) is 14.6. The number of rotatable bonds is 2. The van der Waals surface area contributed by atoms with Gasteiger partial charge in [0, 0.05) is 22.8 Å². The van der Waals surface area contributed by atoms with Gasteiger partial charge in [-0.1, -0.05) is 62.3 Å². The maximum Gasteiger partial charge on any atom is 0.159 e. The second-order valence-corrected chi connectivity index (χ2v) is 8.75. The van der Waals surface area contributed by atoms with E-state index < -0.39 is 0 Å². The van der Waals surface area contributed by atoms with Crippen molar-refractivity contribution >= 4 is 11.5 Å². The Labute approximate surface area is 179 Å². The van der Waals surface area contributed by atoms with Crippen molar-refractivity contribution in [1.82, 2.24) is 5.01 Å². The molecule has 30 heavy (non-hydrogen) atoms. The molecule has 2 aliphatic heterocycles. The number of hydrogen-bond donors (Lipinski definition) is 1. The molecule has 1 fully saturated rings. The molecule has 4 heteroatoms. The number of benzene rings is 1. The van der Waals surface area contributed by atoms with Gasteiger partial charge in [0.25, 0.3) is 0 Å². The van der Waals surface area contributed by atoms with Crippen molar-refractivity contribution in [3.05, 3.63) is 89.1 Å². The van der Waals surface area contributed by atoms with Crippen molar-refractivity contribution in [3.8, 4) is 0 Å². The van der Waals surface area contributed by atoms with Crippen molar-refractivity contribution < 1.29 is 0 Å². The molecule has 5 rings (SSSR count). The van der Waals surface area contributed by atoms with Crippen molar-refractivity contribution in [2.75, 3.05) is 4.90 Å². The Bertz CT molecular complexity index is 1030. The molecule has 0 saturated heterocycles. The molecule has 4 nitrogen and oxygen atoms in total. The van der Waals surface area contributed by atoms with E-state index in [1.807, 2.05) is 0 Å². The second-order valence-electron chi connectivity index (χ2n) is 8.75. The Morgan fingerprint density at radius 1 is 1.00 bits per heavy atom. The van der Waals surface area contributed by atoms with E-state index in [1.165, 1.54) is 24.8 Å². The van der Waals surface area contributed by atoms with E-state index in [-0.39, 0.29) is 0 Å². The minimum Gasteiger partial charge on any atom is -0.298 e. The monoisotopic (exact) mass is 398 g/mol. The summed E-state index contributed by atoms with van der Waals surface area (Å²) in [5, 5.41) is 1.76. The lowest BCUT2D eigenvalue weighted by atomic mass is 9.84. The van der Waals surface area contributed by atoms with E-state index in [4.69, 9.17) is 10.8 Å². The average Bonchev–Trinajstić information content (AvgIpc) is 2.78. The molecule has 1 aromatic carbocycles. The first-order valence-corrected chi connectivity index (χ1v) is 11.1. The Hall–Kier alpha value is -2.85. The van der Waals surface area contributed by atoms with Crippen LogP contribution >= 0.6 is 0 Å². The van der Waals surface area contributed by atoms with Gasteiger partial charge in [0.2, 0.25) is 0 Å². The predicted octanol–water partition coefficient (Wildman–Crippen LogP) is 5.87. The second kappa shape index (κ2) is 7.44. The summed E-state index contributed by atoms with van der Waals surface area (Å²) in [4.78, 5) is 7.47. The molecule has 0 amide bonds. The summed E-state index contributed by atoms with van der Waals surface area (Å²) in [5.41, 5.74) is 7.35. The zero-order valence-electron chi connectivity index (χ0n) is 17.8. The van der Waals surface area contributed by atoms with Crippen LogP contribution in [0.5, 0.6) is 0 Å². The molecule has 1 saturated carbocycles. The third kappa shape index (κ3) is 2.98. The fourth-order valence-electron chi connectivity index (χ4n) is 5.11. The highest BCUT2D eigenvalue weighted by Crippen LogP contribution is 2.46. The van der Waals surface area contributed by atoms with Crippen molar-refractivity contribution in [3.63, 3.8) is 0 Å². The fraction of sp³-hybridized carbons (Fsp3) is 0.346. The number of allylic oxidation sites excluding steroid dienone is 4. The van der Waals surface area contributed by atoms with Gasteiger partial charge in [0.15, 0.2) is 5.82 Å². The molecule has 0 spiro atoms. The lowest BCUT2D eigenvalue weighted by Gasteiger charge is -2.43. The predicted molar refractivity (Wildman–Crippen MR) is 124 cm³/mol. The number of fused-ring (bicyclic) bond motifs is 1. The largest absolute Gasteiger partial charge is 0.298 e.